The van der Waals surface area contributed by atoms with Gasteiger partial charge in [-0.05, 0) is 20.3 Å². The fourth-order valence-corrected chi connectivity index (χ4v) is 2.14. The summed E-state index contributed by atoms with van der Waals surface area (Å²) in [6.07, 6.45) is 2.24. The highest BCUT2D eigenvalue weighted by molar-refractivity contribution is 6.04. The van der Waals surface area contributed by atoms with Gasteiger partial charge in [0.25, 0.3) is 0 Å². The number of carbonyl (C=O) groups is 2. The zero-order chi connectivity index (χ0) is 12.9. The molecule has 0 radical (unpaired) electrons. The molecule has 1 aliphatic rings. The monoisotopic (exact) mass is 227 g/mol. The minimum Gasteiger partial charge on any atom is -0.277 e. The van der Waals surface area contributed by atoms with Gasteiger partial charge >= 0.3 is 0 Å². The van der Waals surface area contributed by atoms with Crippen molar-refractivity contribution in [1.82, 2.24) is 4.90 Å². The highest BCUT2D eigenvalue weighted by Crippen LogP contribution is 2.29. The molecule has 1 unspecified atom stereocenters. The summed E-state index contributed by atoms with van der Waals surface area (Å²) in [6.45, 7) is 11.8. The average molecular weight is 227 g/mol. The van der Waals surface area contributed by atoms with Crippen molar-refractivity contribution >= 4 is 11.8 Å². The number of hydrogen-bond acceptors (Lipinski definition) is 2. The predicted molar refractivity (Wildman–Crippen MR) is 66.0 cm³/mol. The van der Waals surface area contributed by atoms with Crippen molar-refractivity contribution in [3.05, 3.63) is 0 Å². The van der Waals surface area contributed by atoms with Crippen LogP contribution >= 0.6 is 0 Å². The van der Waals surface area contributed by atoms with Crippen LogP contribution in [0.2, 0.25) is 0 Å². The van der Waals surface area contributed by atoms with Crippen molar-refractivity contribution in [2.75, 3.05) is 0 Å². The first-order valence-electron chi connectivity index (χ1n) is 6.27. The molecule has 1 fully saturated rings. The first-order chi connectivity index (χ1) is 7.40. The van der Waals surface area contributed by atoms with Gasteiger partial charge in [0.15, 0.2) is 0 Å². The number of nitrogens with zero attached hydrogens (tertiary/aromatic N) is 1. The summed E-state index contributed by atoms with van der Waals surface area (Å²) in [5.74, 6) is -0.145. The molecule has 0 aliphatic carbocycles. The fraction of sp³-hybridized carbons (Fsp3) is 0.846. The van der Waals surface area contributed by atoms with E-state index in [1.807, 2.05) is 34.6 Å². The first-order valence-corrected chi connectivity index (χ1v) is 6.27. The molecule has 0 aromatic carbocycles. The summed E-state index contributed by atoms with van der Waals surface area (Å²) < 4.78 is 0. The molecular weight excluding hydrogens is 202 g/mol. The van der Waals surface area contributed by atoms with Crippen LogP contribution in [0.5, 0.6) is 0 Å². The second-order valence-electron chi connectivity index (χ2n) is 4.73. The minimum absolute atomic E-state index is 0.00606. The summed E-state index contributed by atoms with van der Waals surface area (Å²) in [5, 5.41) is 0. The molecule has 0 aromatic heterocycles. The molecule has 3 heteroatoms. The molecule has 1 aliphatic heterocycles. The molecule has 0 N–H and O–H groups in total. The number of hydrogen-bond donors (Lipinski definition) is 0. The van der Waals surface area contributed by atoms with Gasteiger partial charge in [-0.15, -0.1) is 0 Å². The molecule has 0 bridgehead atoms. The standard InChI is InChI=1S/C11H19NO2.C2H6/c1-5-6-11(3,4)12-9(13)7-8(2)10(12)14;1-2/h8H,5-7H2,1-4H3;1-2H3. The molecule has 1 atom stereocenters. The Morgan fingerprint density at radius 1 is 1.31 bits per heavy atom. The molecule has 16 heavy (non-hydrogen) atoms. The van der Waals surface area contributed by atoms with E-state index in [9.17, 15) is 9.59 Å². The smallest absolute Gasteiger partial charge is 0.233 e. The Bertz CT molecular complexity index is 259. The molecule has 0 aromatic rings. The zero-order valence-electron chi connectivity index (χ0n) is 11.5. The molecule has 1 heterocycles. The van der Waals surface area contributed by atoms with Crippen LogP contribution < -0.4 is 0 Å². The van der Waals surface area contributed by atoms with Crippen molar-refractivity contribution < 1.29 is 9.59 Å². The van der Waals surface area contributed by atoms with Crippen LogP contribution in [-0.4, -0.2) is 22.3 Å². The van der Waals surface area contributed by atoms with Crippen LogP contribution in [-0.2, 0) is 9.59 Å². The summed E-state index contributed by atoms with van der Waals surface area (Å²) in [7, 11) is 0. The lowest BCUT2D eigenvalue weighted by Crippen LogP contribution is -2.47. The number of imide groups is 1. The molecule has 1 rings (SSSR count). The Morgan fingerprint density at radius 2 is 1.81 bits per heavy atom. The van der Waals surface area contributed by atoms with E-state index >= 15 is 0 Å². The van der Waals surface area contributed by atoms with E-state index in [4.69, 9.17) is 0 Å². The quantitative estimate of drug-likeness (QED) is 0.695. The van der Waals surface area contributed by atoms with E-state index in [1.54, 1.807) is 0 Å². The maximum atomic E-state index is 11.7. The fourth-order valence-electron chi connectivity index (χ4n) is 2.14. The lowest BCUT2D eigenvalue weighted by molar-refractivity contribution is -0.145. The molecular formula is C13H25NO2. The van der Waals surface area contributed by atoms with Crippen LogP contribution in [0, 0.1) is 5.92 Å². The number of amides is 2. The lowest BCUT2D eigenvalue weighted by Gasteiger charge is -2.33. The number of rotatable bonds is 3. The Labute approximate surface area is 99.2 Å². The van der Waals surface area contributed by atoms with Crippen LogP contribution in [0.3, 0.4) is 0 Å². The van der Waals surface area contributed by atoms with Crippen molar-refractivity contribution in [2.45, 2.75) is 66.3 Å². The topological polar surface area (TPSA) is 37.4 Å². The third-order valence-corrected chi connectivity index (χ3v) is 2.84. The van der Waals surface area contributed by atoms with Crippen molar-refractivity contribution in [1.29, 1.82) is 0 Å². The SMILES string of the molecule is CC.CCCC(C)(C)N1C(=O)CC(C)C1=O. The van der Waals surface area contributed by atoms with Crippen LogP contribution in [0.25, 0.3) is 0 Å². The third-order valence-electron chi connectivity index (χ3n) is 2.84. The van der Waals surface area contributed by atoms with Gasteiger partial charge in [-0.1, -0.05) is 34.1 Å². The van der Waals surface area contributed by atoms with E-state index in [2.05, 4.69) is 6.92 Å². The van der Waals surface area contributed by atoms with E-state index < -0.39 is 0 Å². The number of carbonyl (C=O) groups excluding carboxylic acids is 2. The van der Waals surface area contributed by atoms with E-state index in [0.717, 1.165) is 12.8 Å². The maximum absolute atomic E-state index is 11.7. The van der Waals surface area contributed by atoms with E-state index in [1.165, 1.54) is 4.90 Å². The predicted octanol–water partition coefficient (Wildman–Crippen LogP) is 2.99. The van der Waals surface area contributed by atoms with Gasteiger partial charge in [-0.2, -0.15) is 0 Å². The Kier molecular flexibility index (Phi) is 5.70. The van der Waals surface area contributed by atoms with Crippen LogP contribution in [0.4, 0.5) is 0 Å². The van der Waals surface area contributed by atoms with E-state index in [0.29, 0.717) is 6.42 Å². The Morgan fingerprint density at radius 3 is 2.12 bits per heavy atom. The molecule has 0 spiro atoms. The normalized spacial score (nSPS) is 20.9. The molecule has 3 nitrogen and oxygen atoms in total. The average Bonchev–Trinajstić information content (AvgIpc) is 2.44. The maximum Gasteiger partial charge on any atom is 0.233 e. The first kappa shape index (κ1) is 15.1. The van der Waals surface area contributed by atoms with Gasteiger partial charge in [0.2, 0.25) is 11.8 Å². The second-order valence-corrected chi connectivity index (χ2v) is 4.73. The molecule has 94 valence electrons. The van der Waals surface area contributed by atoms with Gasteiger partial charge in [-0.3, -0.25) is 14.5 Å². The summed E-state index contributed by atoms with van der Waals surface area (Å²) in [6, 6.07) is 0. The van der Waals surface area contributed by atoms with E-state index in [-0.39, 0.29) is 23.3 Å². The highest BCUT2D eigenvalue weighted by atomic mass is 16.2. The van der Waals surface area contributed by atoms with Gasteiger partial charge in [0.05, 0.1) is 0 Å². The third kappa shape index (κ3) is 3.06. The highest BCUT2D eigenvalue weighted by Gasteiger charge is 2.43. The Hall–Kier alpha value is -0.860. The molecule has 1 saturated heterocycles. The molecule has 0 saturated carbocycles. The van der Waals surface area contributed by atoms with Crippen molar-refractivity contribution in [3.63, 3.8) is 0 Å². The summed E-state index contributed by atoms with van der Waals surface area (Å²) >= 11 is 0. The second kappa shape index (κ2) is 6.02. The van der Waals surface area contributed by atoms with Gasteiger partial charge in [0, 0.05) is 17.9 Å². The lowest BCUT2D eigenvalue weighted by atomic mass is 9.96. The largest absolute Gasteiger partial charge is 0.277 e. The zero-order valence-corrected chi connectivity index (χ0v) is 11.5. The minimum atomic E-state index is -0.312. The van der Waals surface area contributed by atoms with Gasteiger partial charge in [0.1, 0.15) is 0 Å². The van der Waals surface area contributed by atoms with Gasteiger partial charge in [-0.25, -0.2) is 0 Å². The molecule has 2 amide bonds. The van der Waals surface area contributed by atoms with Gasteiger partial charge < -0.3 is 0 Å². The number of likely N-dealkylation sites (tertiary alicyclic amines) is 1. The van der Waals surface area contributed by atoms with Crippen LogP contribution in [0.15, 0.2) is 0 Å². The van der Waals surface area contributed by atoms with Crippen molar-refractivity contribution in [2.24, 2.45) is 5.92 Å². The van der Waals surface area contributed by atoms with Crippen molar-refractivity contribution in [3.8, 4) is 0 Å². The van der Waals surface area contributed by atoms with Crippen LogP contribution in [0.1, 0.15) is 60.8 Å². The summed E-state index contributed by atoms with van der Waals surface area (Å²) in [4.78, 5) is 24.8. The Balaban J connectivity index is 0.00000106. The summed E-state index contributed by atoms with van der Waals surface area (Å²) in [5.41, 5.74) is -0.312.